The minimum atomic E-state index is 0.509. The summed E-state index contributed by atoms with van der Waals surface area (Å²) in [4.78, 5) is 4.14. The Hall–Kier alpha value is -0.150. The lowest BCUT2D eigenvalue weighted by Gasteiger charge is -1.98. The summed E-state index contributed by atoms with van der Waals surface area (Å²) in [5.74, 6) is 1.71. The Bertz CT molecular complexity index is 225. The van der Waals surface area contributed by atoms with Crippen molar-refractivity contribution in [3.63, 3.8) is 0 Å². The molecule has 0 fully saturated rings. The van der Waals surface area contributed by atoms with E-state index in [-0.39, 0.29) is 0 Å². The zero-order valence-electron chi connectivity index (χ0n) is 7.16. The number of aryl methyl sites for hydroxylation is 1. The monoisotopic (exact) mass is 204 g/mol. The normalized spacial score (nSPS) is 10.5. The Balaban J connectivity index is 2.31. The highest BCUT2D eigenvalue weighted by Gasteiger charge is 1.95. The van der Waals surface area contributed by atoms with E-state index < -0.39 is 0 Å². The maximum absolute atomic E-state index is 5.62. The minimum Gasteiger partial charge on any atom is -0.337 e. The quantitative estimate of drug-likeness (QED) is 0.542. The second-order valence-electron chi connectivity index (χ2n) is 2.58. The standard InChI is InChI=1S/C8H13ClN2S/c1-12-4-2-3-11-6-8(5-9)10-7-11/h6-7H,2-5H2,1H3. The van der Waals surface area contributed by atoms with Gasteiger partial charge in [-0.1, -0.05) is 0 Å². The molecule has 0 saturated heterocycles. The van der Waals surface area contributed by atoms with Gasteiger partial charge in [0.15, 0.2) is 0 Å². The molecule has 0 aromatic carbocycles. The molecule has 0 bridgehead atoms. The van der Waals surface area contributed by atoms with Gasteiger partial charge in [0.05, 0.1) is 17.9 Å². The number of hydrogen-bond donors (Lipinski definition) is 0. The average molecular weight is 205 g/mol. The van der Waals surface area contributed by atoms with Gasteiger partial charge in [-0.2, -0.15) is 11.8 Å². The highest BCUT2D eigenvalue weighted by Crippen LogP contribution is 2.02. The third kappa shape index (κ3) is 3.07. The van der Waals surface area contributed by atoms with E-state index in [1.807, 2.05) is 24.3 Å². The SMILES string of the molecule is CSCCCn1cnc(CCl)c1. The Morgan fingerprint density at radius 1 is 1.67 bits per heavy atom. The van der Waals surface area contributed by atoms with Crippen LogP contribution in [0.2, 0.25) is 0 Å². The third-order valence-corrected chi connectivity index (χ3v) is 2.56. The van der Waals surface area contributed by atoms with Crippen LogP contribution in [0.5, 0.6) is 0 Å². The van der Waals surface area contributed by atoms with Gasteiger partial charge in [0.1, 0.15) is 0 Å². The molecule has 0 spiro atoms. The van der Waals surface area contributed by atoms with Gasteiger partial charge in [-0.25, -0.2) is 4.98 Å². The van der Waals surface area contributed by atoms with Gasteiger partial charge in [-0.15, -0.1) is 11.6 Å². The van der Waals surface area contributed by atoms with Crippen LogP contribution >= 0.6 is 23.4 Å². The Kier molecular flexibility index (Phi) is 4.54. The van der Waals surface area contributed by atoms with Crippen LogP contribution in [0.3, 0.4) is 0 Å². The molecule has 0 N–H and O–H groups in total. The Morgan fingerprint density at radius 3 is 3.08 bits per heavy atom. The number of aromatic nitrogens is 2. The molecule has 1 heterocycles. The summed E-state index contributed by atoms with van der Waals surface area (Å²) in [6.45, 7) is 1.05. The van der Waals surface area contributed by atoms with Crippen molar-refractivity contribution in [3.8, 4) is 0 Å². The summed E-state index contributed by atoms with van der Waals surface area (Å²) in [6.07, 6.45) is 7.17. The third-order valence-electron chi connectivity index (χ3n) is 1.59. The minimum absolute atomic E-state index is 0.509. The molecular weight excluding hydrogens is 192 g/mol. The van der Waals surface area contributed by atoms with Crippen LogP contribution in [0.4, 0.5) is 0 Å². The van der Waals surface area contributed by atoms with Crippen LogP contribution in [0.1, 0.15) is 12.1 Å². The van der Waals surface area contributed by atoms with Gasteiger partial charge in [0.2, 0.25) is 0 Å². The Morgan fingerprint density at radius 2 is 2.50 bits per heavy atom. The zero-order chi connectivity index (χ0) is 8.81. The summed E-state index contributed by atoms with van der Waals surface area (Å²) >= 11 is 7.50. The van der Waals surface area contributed by atoms with Crippen LogP contribution in [-0.2, 0) is 12.4 Å². The van der Waals surface area contributed by atoms with Gasteiger partial charge in [0, 0.05) is 12.7 Å². The summed E-state index contributed by atoms with van der Waals surface area (Å²) in [6, 6.07) is 0. The highest BCUT2D eigenvalue weighted by atomic mass is 35.5. The molecule has 0 radical (unpaired) electrons. The summed E-state index contributed by atoms with van der Waals surface area (Å²) in [5.41, 5.74) is 0.959. The average Bonchev–Trinajstić information content (AvgIpc) is 2.53. The summed E-state index contributed by atoms with van der Waals surface area (Å²) in [5, 5.41) is 0. The van der Waals surface area contributed by atoms with E-state index in [1.54, 1.807) is 0 Å². The number of imidazole rings is 1. The van der Waals surface area contributed by atoms with Crippen molar-refractivity contribution in [1.82, 2.24) is 9.55 Å². The Labute approximate surface area is 82.3 Å². The van der Waals surface area contributed by atoms with Crippen molar-refractivity contribution in [3.05, 3.63) is 18.2 Å². The molecule has 4 heteroatoms. The molecule has 2 nitrogen and oxygen atoms in total. The van der Waals surface area contributed by atoms with Crippen molar-refractivity contribution < 1.29 is 0 Å². The van der Waals surface area contributed by atoms with Crippen LogP contribution in [0, 0.1) is 0 Å². The van der Waals surface area contributed by atoms with Crippen molar-refractivity contribution >= 4 is 23.4 Å². The van der Waals surface area contributed by atoms with Crippen molar-refractivity contribution in [2.45, 2.75) is 18.8 Å². The van der Waals surface area contributed by atoms with Crippen molar-refractivity contribution in [2.75, 3.05) is 12.0 Å². The fourth-order valence-corrected chi connectivity index (χ4v) is 1.54. The van der Waals surface area contributed by atoms with Gasteiger partial charge in [0.25, 0.3) is 0 Å². The lowest BCUT2D eigenvalue weighted by atomic mass is 10.5. The summed E-state index contributed by atoms with van der Waals surface area (Å²) < 4.78 is 2.09. The van der Waals surface area contributed by atoms with Crippen molar-refractivity contribution in [1.29, 1.82) is 0 Å². The fraction of sp³-hybridized carbons (Fsp3) is 0.625. The number of thioether (sulfide) groups is 1. The van der Waals surface area contributed by atoms with Gasteiger partial charge in [-0.05, 0) is 18.4 Å². The molecule has 1 aromatic heterocycles. The maximum Gasteiger partial charge on any atom is 0.0949 e. The molecule has 1 aromatic rings. The number of hydrogen-bond acceptors (Lipinski definition) is 2. The molecule has 0 amide bonds. The molecule has 1 rings (SSSR count). The molecule has 0 aliphatic heterocycles. The number of alkyl halides is 1. The van der Waals surface area contributed by atoms with Crippen LogP contribution in [0.15, 0.2) is 12.5 Å². The first-order chi connectivity index (χ1) is 5.86. The molecule has 12 heavy (non-hydrogen) atoms. The highest BCUT2D eigenvalue weighted by molar-refractivity contribution is 7.98. The van der Waals surface area contributed by atoms with Crippen molar-refractivity contribution in [2.24, 2.45) is 0 Å². The maximum atomic E-state index is 5.62. The number of rotatable bonds is 5. The molecule has 68 valence electrons. The summed E-state index contributed by atoms with van der Waals surface area (Å²) in [7, 11) is 0. The smallest absolute Gasteiger partial charge is 0.0949 e. The first-order valence-corrected chi connectivity index (χ1v) is 5.85. The van der Waals surface area contributed by atoms with Crippen LogP contribution in [-0.4, -0.2) is 21.6 Å². The van der Waals surface area contributed by atoms with Gasteiger partial charge in [-0.3, -0.25) is 0 Å². The van der Waals surface area contributed by atoms with E-state index >= 15 is 0 Å². The van der Waals surface area contributed by atoms with Crippen LogP contribution < -0.4 is 0 Å². The topological polar surface area (TPSA) is 17.8 Å². The largest absolute Gasteiger partial charge is 0.337 e. The lowest BCUT2D eigenvalue weighted by molar-refractivity contribution is 0.683. The molecule has 0 saturated carbocycles. The van der Waals surface area contributed by atoms with E-state index in [0.29, 0.717) is 5.88 Å². The molecule has 0 unspecified atom stereocenters. The first kappa shape index (κ1) is 9.93. The predicted molar refractivity (Wildman–Crippen MR) is 54.8 cm³/mol. The second-order valence-corrected chi connectivity index (χ2v) is 3.84. The van der Waals surface area contributed by atoms with E-state index in [0.717, 1.165) is 12.2 Å². The van der Waals surface area contributed by atoms with E-state index in [2.05, 4.69) is 15.8 Å². The molecule has 0 aliphatic carbocycles. The zero-order valence-corrected chi connectivity index (χ0v) is 8.74. The van der Waals surface area contributed by atoms with E-state index in [1.165, 1.54) is 12.2 Å². The molecule has 0 atom stereocenters. The molecule has 0 aliphatic rings. The van der Waals surface area contributed by atoms with Gasteiger partial charge >= 0.3 is 0 Å². The fourth-order valence-electron chi connectivity index (χ4n) is 0.989. The van der Waals surface area contributed by atoms with Crippen LogP contribution in [0.25, 0.3) is 0 Å². The van der Waals surface area contributed by atoms with E-state index in [9.17, 15) is 0 Å². The number of halogens is 1. The molecular formula is C8H13ClN2S. The lowest BCUT2D eigenvalue weighted by Crippen LogP contribution is -1.95. The first-order valence-electron chi connectivity index (χ1n) is 3.92. The van der Waals surface area contributed by atoms with E-state index in [4.69, 9.17) is 11.6 Å². The van der Waals surface area contributed by atoms with Gasteiger partial charge < -0.3 is 4.57 Å². The number of nitrogens with zero attached hydrogens (tertiary/aromatic N) is 2. The second kappa shape index (κ2) is 5.49. The predicted octanol–water partition coefficient (Wildman–Crippen LogP) is 2.38.